The standard InChI is InChI=1S/C19H16N2O4/c1-21-10-13-8-14(6-7-15(13)18(21)22)25-11-12-4-3-5-16(17(12)9-20)19(23)24-2/h3-8H,10-11H2,1-2H3. The molecule has 6 nitrogen and oxygen atoms in total. The molecule has 6 heteroatoms. The van der Waals surface area contributed by atoms with E-state index in [0.717, 1.165) is 5.56 Å². The first-order valence-electron chi connectivity index (χ1n) is 7.66. The van der Waals surface area contributed by atoms with E-state index >= 15 is 0 Å². The van der Waals surface area contributed by atoms with Crippen LogP contribution in [0.15, 0.2) is 36.4 Å². The lowest BCUT2D eigenvalue weighted by atomic mass is 10.0. The number of carbonyl (C=O) groups is 2. The molecule has 126 valence electrons. The van der Waals surface area contributed by atoms with Gasteiger partial charge in [-0.3, -0.25) is 4.79 Å². The van der Waals surface area contributed by atoms with Crippen molar-refractivity contribution < 1.29 is 19.1 Å². The molecule has 0 aromatic heterocycles. The van der Waals surface area contributed by atoms with Crippen molar-refractivity contribution in [2.24, 2.45) is 0 Å². The van der Waals surface area contributed by atoms with E-state index in [-0.39, 0.29) is 23.6 Å². The third kappa shape index (κ3) is 3.04. The minimum Gasteiger partial charge on any atom is -0.489 e. The van der Waals surface area contributed by atoms with Gasteiger partial charge in [0.1, 0.15) is 18.4 Å². The summed E-state index contributed by atoms with van der Waals surface area (Å²) in [4.78, 5) is 25.3. The zero-order chi connectivity index (χ0) is 18.0. The Morgan fingerprint density at radius 2 is 2.12 bits per heavy atom. The Kier molecular flexibility index (Phi) is 4.40. The maximum atomic E-state index is 11.9. The second-order valence-electron chi connectivity index (χ2n) is 5.71. The van der Waals surface area contributed by atoms with Gasteiger partial charge in [0, 0.05) is 24.7 Å². The lowest BCUT2D eigenvalue weighted by molar-refractivity contribution is 0.0600. The van der Waals surface area contributed by atoms with Crippen molar-refractivity contribution in [3.8, 4) is 11.8 Å². The Balaban J connectivity index is 1.81. The second-order valence-corrected chi connectivity index (χ2v) is 5.71. The van der Waals surface area contributed by atoms with Gasteiger partial charge in [0.25, 0.3) is 5.91 Å². The Morgan fingerprint density at radius 1 is 1.32 bits per heavy atom. The van der Waals surface area contributed by atoms with Crippen LogP contribution in [0, 0.1) is 11.3 Å². The number of nitriles is 1. The molecule has 3 rings (SSSR count). The van der Waals surface area contributed by atoms with Crippen LogP contribution in [0.4, 0.5) is 0 Å². The smallest absolute Gasteiger partial charge is 0.339 e. The number of benzene rings is 2. The first kappa shape index (κ1) is 16.5. The summed E-state index contributed by atoms with van der Waals surface area (Å²) in [5.74, 6) is 0.0470. The number of esters is 1. The molecule has 0 saturated carbocycles. The third-order valence-corrected chi connectivity index (χ3v) is 4.12. The maximum Gasteiger partial charge on any atom is 0.339 e. The fraction of sp³-hybridized carbons (Fsp3) is 0.211. The summed E-state index contributed by atoms with van der Waals surface area (Å²) in [6.45, 7) is 0.683. The van der Waals surface area contributed by atoms with Gasteiger partial charge in [0.2, 0.25) is 0 Å². The first-order valence-corrected chi connectivity index (χ1v) is 7.66. The van der Waals surface area contributed by atoms with Gasteiger partial charge in [-0.1, -0.05) is 12.1 Å². The molecular weight excluding hydrogens is 320 g/mol. The monoisotopic (exact) mass is 336 g/mol. The van der Waals surface area contributed by atoms with Crippen LogP contribution in [0.1, 0.15) is 37.4 Å². The molecule has 2 aromatic carbocycles. The lowest BCUT2D eigenvalue weighted by Crippen LogP contribution is -2.17. The Hall–Kier alpha value is -3.33. The molecule has 0 N–H and O–H groups in total. The molecule has 0 fully saturated rings. The molecule has 0 radical (unpaired) electrons. The zero-order valence-corrected chi connectivity index (χ0v) is 13.9. The molecule has 0 atom stereocenters. The maximum absolute atomic E-state index is 11.9. The van der Waals surface area contributed by atoms with Crippen LogP contribution in [-0.2, 0) is 17.9 Å². The SMILES string of the molecule is COC(=O)c1cccc(COc2ccc3c(c2)CN(C)C3=O)c1C#N. The summed E-state index contributed by atoms with van der Waals surface area (Å²) in [6.07, 6.45) is 0. The van der Waals surface area contributed by atoms with Crippen molar-refractivity contribution in [3.05, 3.63) is 64.2 Å². The summed E-state index contributed by atoms with van der Waals surface area (Å²) in [5.41, 5.74) is 2.64. The van der Waals surface area contributed by atoms with E-state index in [1.165, 1.54) is 7.11 Å². The van der Waals surface area contributed by atoms with E-state index in [0.29, 0.717) is 23.4 Å². The summed E-state index contributed by atoms with van der Waals surface area (Å²) in [6, 6.07) is 12.3. The highest BCUT2D eigenvalue weighted by molar-refractivity contribution is 5.98. The molecule has 1 amide bonds. The summed E-state index contributed by atoms with van der Waals surface area (Å²) < 4.78 is 10.5. The minimum atomic E-state index is -0.558. The molecule has 2 aromatic rings. The molecule has 0 spiro atoms. The van der Waals surface area contributed by atoms with Crippen LogP contribution >= 0.6 is 0 Å². The number of methoxy groups -OCH3 is 1. The number of amides is 1. The first-order chi connectivity index (χ1) is 12.0. The van der Waals surface area contributed by atoms with Crippen LogP contribution in [0.25, 0.3) is 0 Å². The quantitative estimate of drug-likeness (QED) is 0.802. The molecule has 0 bridgehead atoms. The van der Waals surface area contributed by atoms with E-state index < -0.39 is 5.97 Å². The average molecular weight is 336 g/mol. The highest BCUT2D eigenvalue weighted by Crippen LogP contribution is 2.26. The predicted octanol–water partition coefficient (Wildman–Crippen LogP) is 2.51. The van der Waals surface area contributed by atoms with Gasteiger partial charge in [0.15, 0.2) is 0 Å². The van der Waals surface area contributed by atoms with E-state index in [9.17, 15) is 14.9 Å². The van der Waals surface area contributed by atoms with Gasteiger partial charge < -0.3 is 14.4 Å². The van der Waals surface area contributed by atoms with Crippen molar-refractivity contribution >= 4 is 11.9 Å². The number of ether oxygens (including phenoxy) is 2. The number of carbonyl (C=O) groups excluding carboxylic acids is 2. The third-order valence-electron chi connectivity index (χ3n) is 4.12. The highest BCUT2D eigenvalue weighted by atomic mass is 16.5. The number of hydrogen-bond donors (Lipinski definition) is 0. The van der Waals surface area contributed by atoms with E-state index in [1.807, 2.05) is 12.1 Å². The van der Waals surface area contributed by atoms with Crippen molar-refractivity contribution in [1.82, 2.24) is 4.90 Å². The topological polar surface area (TPSA) is 79.6 Å². The van der Waals surface area contributed by atoms with Crippen LogP contribution < -0.4 is 4.74 Å². The van der Waals surface area contributed by atoms with Crippen molar-refractivity contribution in [2.75, 3.05) is 14.2 Å². The lowest BCUT2D eigenvalue weighted by Gasteiger charge is -2.10. The molecule has 0 aliphatic carbocycles. The summed E-state index contributed by atoms with van der Waals surface area (Å²) >= 11 is 0. The Labute approximate surface area is 145 Å². The van der Waals surface area contributed by atoms with Gasteiger partial charge in [-0.15, -0.1) is 0 Å². The van der Waals surface area contributed by atoms with Crippen LogP contribution in [0.2, 0.25) is 0 Å². The number of hydrogen-bond acceptors (Lipinski definition) is 5. The Morgan fingerprint density at radius 3 is 2.84 bits per heavy atom. The van der Waals surface area contributed by atoms with E-state index in [1.54, 1.807) is 42.3 Å². The molecular formula is C19H16N2O4. The molecule has 1 aliphatic rings. The molecule has 0 saturated heterocycles. The highest BCUT2D eigenvalue weighted by Gasteiger charge is 2.24. The number of rotatable bonds is 4. The zero-order valence-electron chi connectivity index (χ0n) is 13.9. The summed E-state index contributed by atoms with van der Waals surface area (Å²) in [5, 5.41) is 9.37. The van der Waals surface area contributed by atoms with Crippen molar-refractivity contribution in [1.29, 1.82) is 5.26 Å². The van der Waals surface area contributed by atoms with Gasteiger partial charge >= 0.3 is 5.97 Å². The van der Waals surface area contributed by atoms with E-state index in [4.69, 9.17) is 9.47 Å². The fourth-order valence-corrected chi connectivity index (χ4v) is 2.83. The molecule has 0 unspecified atom stereocenters. The van der Waals surface area contributed by atoms with Crippen LogP contribution in [-0.4, -0.2) is 30.9 Å². The Bertz CT molecular complexity index is 899. The number of fused-ring (bicyclic) bond motifs is 1. The minimum absolute atomic E-state index is 0.000837. The summed E-state index contributed by atoms with van der Waals surface area (Å²) in [7, 11) is 3.02. The predicted molar refractivity (Wildman–Crippen MR) is 89.1 cm³/mol. The van der Waals surface area contributed by atoms with Gasteiger partial charge in [-0.05, 0) is 29.8 Å². The van der Waals surface area contributed by atoms with Crippen LogP contribution in [0.5, 0.6) is 5.75 Å². The molecule has 1 aliphatic heterocycles. The van der Waals surface area contributed by atoms with Crippen molar-refractivity contribution in [2.45, 2.75) is 13.2 Å². The van der Waals surface area contributed by atoms with Crippen molar-refractivity contribution in [3.63, 3.8) is 0 Å². The fourth-order valence-electron chi connectivity index (χ4n) is 2.83. The normalized spacial score (nSPS) is 12.5. The van der Waals surface area contributed by atoms with Gasteiger partial charge in [-0.25, -0.2) is 4.79 Å². The average Bonchev–Trinajstić information content (AvgIpc) is 2.92. The molecule has 25 heavy (non-hydrogen) atoms. The number of nitrogens with zero attached hydrogens (tertiary/aromatic N) is 2. The van der Waals surface area contributed by atoms with Gasteiger partial charge in [-0.2, -0.15) is 5.26 Å². The van der Waals surface area contributed by atoms with Gasteiger partial charge in [0.05, 0.1) is 18.2 Å². The second kappa shape index (κ2) is 6.65. The molecule has 1 heterocycles. The van der Waals surface area contributed by atoms with Crippen LogP contribution in [0.3, 0.4) is 0 Å². The largest absolute Gasteiger partial charge is 0.489 e. The van der Waals surface area contributed by atoms with E-state index in [2.05, 4.69) is 0 Å².